The summed E-state index contributed by atoms with van der Waals surface area (Å²) >= 11 is 0. The molecule has 0 saturated heterocycles. The molecule has 3 nitrogen and oxygen atoms in total. The Bertz CT molecular complexity index is 432. The Balaban J connectivity index is 2.59. The van der Waals surface area contributed by atoms with Gasteiger partial charge in [-0.2, -0.15) is 0 Å². The predicted octanol–water partition coefficient (Wildman–Crippen LogP) is 4.67. The van der Waals surface area contributed by atoms with Crippen LogP contribution < -0.4 is 10.1 Å². The summed E-state index contributed by atoms with van der Waals surface area (Å²) in [6.07, 6.45) is 11.4. The van der Waals surface area contributed by atoms with Crippen molar-refractivity contribution < 1.29 is 9.53 Å². The van der Waals surface area contributed by atoms with E-state index in [-0.39, 0.29) is 0 Å². The van der Waals surface area contributed by atoms with Crippen molar-refractivity contribution in [2.24, 2.45) is 0 Å². The average Bonchev–Trinajstić information content (AvgIpc) is 2.56. The fraction of sp³-hybridized carbons (Fsp3) is 0.650. The zero-order valence-corrected chi connectivity index (χ0v) is 14.9. The van der Waals surface area contributed by atoms with E-state index in [1.54, 1.807) is 0 Å². The average molecular weight is 319 g/mol. The van der Waals surface area contributed by atoms with Crippen LogP contribution in [0.4, 0.5) is 0 Å². The van der Waals surface area contributed by atoms with Gasteiger partial charge in [-0.25, -0.2) is 0 Å². The molecule has 1 amide bonds. The van der Waals surface area contributed by atoms with E-state index in [0.29, 0.717) is 13.2 Å². The van der Waals surface area contributed by atoms with Crippen LogP contribution in [0, 0.1) is 0 Å². The molecule has 0 aliphatic carbocycles. The highest BCUT2D eigenvalue weighted by molar-refractivity contribution is 5.45. The molecule has 1 rings (SSSR count). The number of ether oxygens (including phenoxy) is 1. The van der Waals surface area contributed by atoms with Gasteiger partial charge in [-0.3, -0.25) is 4.79 Å². The highest BCUT2D eigenvalue weighted by Crippen LogP contribution is 2.24. The SMILES string of the molecule is CCCCCc1ccc(OCCCNC=O)c(CCCCC)c1. The monoisotopic (exact) mass is 319 g/mol. The number of carbonyl (C=O) groups excluding carboxylic acids is 1. The van der Waals surface area contributed by atoms with Crippen molar-refractivity contribution in [1.29, 1.82) is 0 Å². The molecule has 0 aliphatic heterocycles. The first kappa shape index (κ1) is 19.5. The topological polar surface area (TPSA) is 38.3 Å². The van der Waals surface area contributed by atoms with Gasteiger partial charge in [0.25, 0.3) is 0 Å². The summed E-state index contributed by atoms with van der Waals surface area (Å²) in [5.41, 5.74) is 2.77. The van der Waals surface area contributed by atoms with Crippen molar-refractivity contribution in [2.75, 3.05) is 13.2 Å². The predicted molar refractivity (Wildman–Crippen MR) is 97.1 cm³/mol. The Hall–Kier alpha value is -1.51. The van der Waals surface area contributed by atoms with E-state index in [1.807, 2.05) is 0 Å². The molecule has 3 heteroatoms. The quantitative estimate of drug-likeness (QED) is 0.400. The zero-order chi connectivity index (χ0) is 16.8. The Morgan fingerprint density at radius 1 is 1.00 bits per heavy atom. The highest BCUT2D eigenvalue weighted by atomic mass is 16.5. The van der Waals surface area contributed by atoms with E-state index in [9.17, 15) is 4.79 Å². The van der Waals surface area contributed by atoms with Crippen LogP contribution in [0.2, 0.25) is 0 Å². The van der Waals surface area contributed by atoms with Gasteiger partial charge in [0, 0.05) is 6.54 Å². The molecule has 0 heterocycles. The lowest BCUT2D eigenvalue weighted by atomic mass is 10.00. The maximum absolute atomic E-state index is 10.2. The number of rotatable bonds is 14. The van der Waals surface area contributed by atoms with Crippen LogP contribution in [0.5, 0.6) is 5.75 Å². The van der Waals surface area contributed by atoms with Crippen molar-refractivity contribution in [3.8, 4) is 5.75 Å². The van der Waals surface area contributed by atoms with Gasteiger partial charge in [0.2, 0.25) is 6.41 Å². The van der Waals surface area contributed by atoms with Crippen molar-refractivity contribution in [1.82, 2.24) is 5.32 Å². The molecular formula is C20H33NO2. The van der Waals surface area contributed by atoms with Crippen molar-refractivity contribution >= 4 is 6.41 Å². The van der Waals surface area contributed by atoms with Crippen LogP contribution in [0.3, 0.4) is 0 Å². The van der Waals surface area contributed by atoms with Crippen LogP contribution in [-0.4, -0.2) is 19.6 Å². The minimum Gasteiger partial charge on any atom is -0.493 e. The molecule has 0 fully saturated rings. The van der Waals surface area contributed by atoms with E-state index >= 15 is 0 Å². The number of hydrogen-bond donors (Lipinski definition) is 1. The van der Waals surface area contributed by atoms with Crippen LogP contribution in [0.15, 0.2) is 18.2 Å². The van der Waals surface area contributed by atoms with Gasteiger partial charge in [0.15, 0.2) is 0 Å². The fourth-order valence-corrected chi connectivity index (χ4v) is 2.68. The molecule has 130 valence electrons. The van der Waals surface area contributed by atoms with Crippen molar-refractivity contribution in [3.05, 3.63) is 29.3 Å². The van der Waals surface area contributed by atoms with Gasteiger partial charge < -0.3 is 10.1 Å². The standard InChI is InChI=1S/C20H33NO2/c1-3-5-7-10-18-12-13-20(23-15-9-14-21-17-22)19(16-18)11-8-6-4-2/h12-13,16-17H,3-11,14-15H2,1-2H3,(H,21,22). The lowest BCUT2D eigenvalue weighted by molar-refractivity contribution is -0.109. The molecule has 23 heavy (non-hydrogen) atoms. The maximum atomic E-state index is 10.2. The molecule has 1 aromatic carbocycles. The number of aryl methyl sites for hydroxylation is 2. The second-order valence-corrected chi connectivity index (χ2v) is 6.13. The number of nitrogens with one attached hydrogen (secondary N) is 1. The Morgan fingerprint density at radius 3 is 2.43 bits per heavy atom. The first-order valence-corrected chi connectivity index (χ1v) is 9.23. The molecule has 0 spiro atoms. The third-order valence-electron chi connectivity index (χ3n) is 4.05. The fourth-order valence-electron chi connectivity index (χ4n) is 2.68. The zero-order valence-electron chi connectivity index (χ0n) is 14.9. The smallest absolute Gasteiger partial charge is 0.207 e. The van der Waals surface area contributed by atoms with Crippen LogP contribution >= 0.6 is 0 Å². The van der Waals surface area contributed by atoms with Crippen LogP contribution in [0.25, 0.3) is 0 Å². The third-order valence-corrected chi connectivity index (χ3v) is 4.05. The van der Waals surface area contributed by atoms with E-state index in [4.69, 9.17) is 4.74 Å². The lowest BCUT2D eigenvalue weighted by Crippen LogP contribution is -2.15. The minimum atomic E-state index is 0.650. The highest BCUT2D eigenvalue weighted by Gasteiger charge is 2.06. The molecule has 0 saturated carbocycles. The van der Waals surface area contributed by atoms with E-state index < -0.39 is 0 Å². The van der Waals surface area contributed by atoms with E-state index in [1.165, 1.54) is 49.7 Å². The summed E-state index contributed by atoms with van der Waals surface area (Å²) in [6, 6.07) is 6.68. The van der Waals surface area contributed by atoms with Gasteiger partial charge in [0.05, 0.1) is 6.61 Å². The van der Waals surface area contributed by atoms with E-state index in [2.05, 4.69) is 37.4 Å². The molecule has 0 unspecified atom stereocenters. The number of amides is 1. The normalized spacial score (nSPS) is 10.5. The Kier molecular flexibility index (Phi) is 11.0. The largest absolute Gasteiger partial charge is 0.493 e. The number of benzene rings is 1. The first-order chi connectivity index (χ1) is 11.3. The Morgan fingerprint density at radius 2 is 1.74 bits per heavy atom. The summed E-state index contributed by atoms with van der Waals surface area (Å²) in [7, 11) is 0. The second kappa shape index (κ2) is 13.0. The first-order valence-electron chi connectivity index (χ1n) is 9.23. The van der Waals surface area contributed by atoms with Gasteiger partial charge in [-0.15, -0.1) is 0 Å². The van der Waals surface area contributed by atoms with Crippen LogP contribution in [-0.2, 0) is 17.6 Å². The van der Waals surface area contributed by atoms with E-state index in [0.717, 1.165) is 31.4 Å². The minimum absolute atomic E-state index is 0.650. The molecule has 0 bridgehead atoms. The van der Waals surface area contributed by atoms with Crippen molar-refractivity contribution in [2.45, 2.75) is 71.6 Å². The molecule has 1 aromatic rings. The lowest BCUT2D eigenvalue weighted by Gasteiger charge is -2.13. The number of carbonyl (C=O) groups is 1. The maximum Gasteiger partial charge on any atom is 0.207 e. The number of unbranched alkanes of at least 4 members (excludes halogenated alkanes) is 4. The summed E-state index contributed by atoms with van der Waals surface area (Å²) in [5, 5.41) is 2.67. The van der Waals surface area contributed by atoms with Crippen molar-refractivity contribution in [3.63, 3.8) is 0 Å². The molecule has 0 aliphatic rings. The molecular weight excluding hydrogens is 286 g/mol. The molecule has 0 atom stereocenters. The molecule has 1 N–H and O–H groups in total. The second-order valence-electron chi connectivity index (χ2n) is 6.13. The summed E-state index contributed by atoms with van der Waals surface area (Å²) in [6.45, 7) is 5.80. The van der Waals surface area contributed by atoms with Gasteiger partial charge >= 0.3 is 0 Å². The van der Waals surface area contributed by atoms with Gasteiger partial charge in [0.1, 0.15) is 5.75 Å². The van der Waals surface area contributed by atoms with Crippen LogP contribution in [0.1, 0.15) is 69.9 Å². The Labute approximate surface area is 141 Å². The summed E-state index contributed by atoms with van der Waals surface area (Å²) in [4.78, 5) is 10.2. The molecule has 0 aromatic heterocycles. The number of hydrogen-bond acceptors (Lipinski definition) is 2. The summed E-state index contributed by atoms with van der Waals surface area (Å²) in [5.74, 6) is 1.02. The summed E-state index contributed by atoms with van der Waals surface area (Å²) < 4.78 is 5.94. The van der Waals surface area contributed by atoms with Gasteiger partial charge in [-0.05, 0) is 49.3 Å². The third kappa shape index (κ3) is 8.63. The van der Waals surface area contributed by atoms with Gasteiger partial charge in [-0.1, -0.05) is 51.7 Å². The molecule has 0 radical (unpaired) electrons.